The molecule has 0 bridgehead atoms. The van der Waals surface area contributed by atoms with Crippen molar-refractivity contribution in [1.82, 2.24) is 5.32 Å². The van der Waals surface area contributed by atoms with Crippen molar-refractivity contribution in [2.75, 3.05) is 0 Å². The van der Waals surface area contributed by atoms with Crippen molar-refractivity contribution in [3.63, 3.8) is 0 Å². The van der Waals surface area contributed by atoms with Crippen molar-refractivity contribution in [2.24, 2.45) is 5.92 Å². The van der Waals surface area contributed by atoms with Gasteiger partial charge >= 0.3 is 5.97 Å². The average Bonchev–Trinajstić information content (AvgIpc) is 3.09. The van der Waals surface area contributed by atoms with Gasteiger partial charge in [-0.3, -0.25) is 4.79 Å². The number of carbonyl (C=O) groups is 1. The standard InChI is InChI=1S/C14H27NO2/c1-3-4-5-6-7-8-11(2)15-13(14(16)17)12-9-10-12/h11-13,15H,3-10H2,1-2H3,(H,16,17). The fraction of sp³-hybridized carbons (Fsp3) is 0.929. The molecule has 3 heteroatoms. The first-order valence-corrected chi connectivity index (χ1v) is 7.14. The van der Waals surface area contributed by atoms with Gasteiger partial charge in [0.1, 0.15) is 6.04 Å². The second-order valence-corrected chi connectivity index (χ2v) is 5.42. The van der Waals surface area contributed by atoms with Crippen LogP contribution in [-0.4, -0.2) is 23.2 Å². The minimum atomic E-state index is -0.676. The number of hydrogen-bond acceptors (Lipinski definition) is 2. The first kappa shape index (κ1) is 14.5. The van der Waals surface area contributed by atoms with Crippen molar-refractivity contribution < 1.29 is 9.90 Å². The Morgan fingerprint density at radius 2 is 1.94 bits per heavy atom. The van der Waals surface area contributed by atoms with Gasteiger partial charge in [0.2, 0.25) is 0 Å². The Morgan fingerprint density at radius 3 is 2.47 bits per heavy atom. The normalized spacial score (nSPS) is 18.9. The van der Waals surface area contributed by atoms with E-state index in [0.717, 1.165) is 19.3 Å². The Bertz CT molecular complexity index is 226. The summed E-state index contributed by atoms with van der Waals surface area (Å²) in [6.45, 7) is 4.33. The topological polar surface area (TPSA) is 49.3 Å². The van der Waals surface area contributed by atoms with Gasteiger partial charge in [-0.15, -0.1) is 0 Å². The number of rotatable bonds is 10. The van der Waals surface area contributed by atoms with Crippen LogP contribution in [0.25, 0.3) is 0 Å². The highest BCUT2D eigenvalue weighted by molar-refractivity contribution is 5.74. The highest BCUT2D eigenvalue weighted by Gasteiger charge is 2.36. The van der Waals surface area contributed by atoms with Crippen molar-refractivity contribution in [1.29, 1.82) is 0 Å². The van der Waals surface area contributed by atoms with Crippen molar-refractivity contribution in [3.05, 3.63) is 0 Å². The van der Waals surface area contributed by atoms with Gasteiger partial charge in [-0.05, 0) is 32.1 Å². The zero-order valence-corrected chi connectivity index (χ0v) is 11.2. The van der Waals surface area contributed by atoms with Crippen LogP contribution in [0, 0.1) is 5.92 Å². The molecule has 0 radical (unpaired) electrons. The second-order valence-electron chi connectivity index (χ2n) is 5.42. The van der Waals surface area contributed by atoms with E-state index in [0.29, 0.717) is 12.0 Å². The summed E-state index contributed by atoms with van der Waals surface area (Å²) in [6.07, 6.45) is 9.65. The van der Waals surface area contributed by atoms with Gasteiger partial charge < -0.3 is 10.4 Å². The van der Waals surface area contributed by atoms with E-state index in [-0.39, 0.29) is 6.04 Å². The molecule has 1 rings (SSSR count). The molecule has 2 atom stereocenters. The van der Waals surface area contributed by atoms with Crippen LogP contribution in [0.2, 0.25) is 0 Å². The van der Waals surface area contributed by atoms with E-state index in [1.54, 1.807) is 0 Å². The summed E-state index contributed by atoms with van der Waals surface area (Å²) in [5, 5.41) is 12.4. The molecule has 0 aromatic heterocycles. The molecular weight excluding hydrogens is 214 g/mol. The highest BCUT2D eigenvalue weighted by Crippen LogP contribution is 2.33. The summed E-state index contributed by atoms with van der Waals surface area (Å²) in [7, 11) is 0. The van der Waals surface area contributed by atoms with Crippen LogP contribution in [0.5, 0.6) is 0 Å². The highest BCUT2D eigenvalue weighted by atomic mass is 16.4. The van der Waals surface area contributed by atoms with Gasteiger partial charge in [-0.1, -0.05) is 39.0 Å². The molecule has 2 unspecified atom stereocenters. The van der Waals surface area contributed by atoms with E-state index in [4.69, 9.17) is 5.11 Å². The molecular formula is C14H27NO2. The van der Waals surface area contributed by atoms with Gasteiger partial charge in [0.05, 0.1) is 0 Å². The lowest BCUT2D eigenvalue weighted by Gasteiger charge is -2.19. The van der Waals surface area contributed by atoms with Gasteiger partial charge in [0.25, 0.3) is 0 Å². The predicted octanol–water partition coefficient (Wildman–Crippen LogP) is 3.19. The summed E-state index contributed by atoms with van der Waals surface area (Å²) in [5.74, 6) is -0.291. The van der Waals surface area contributed by atoms with Gasteiger partial charge in [0, 0.05) is 6.04 Å². The number of carboxylic acids is 1. The van der Waals surface area contributed by atoms with Crippen molar-refractivity contribution in [3.8, 4) is 0 Å². The molecule has 1 aliphatic carbocycles. The third kappa shape index (κ3) is 6.06. The molecule has 1 fully saturated rings. The molecule has 3 nitrogen and oxygen atoms in total. The summed E-state index contributed by atoms with van der Waals surface area (Å²) in [4.78, 5) is 11.1. The Morgan fingerprint density at radius 1 is 1.29 bits per heavy atom. The Kier molecular flexibility index (Phi) is 6.56. The van der Waals surface area contributed by atoms with Crippen molar-refractivity contribution >= 4 is 5.97 Å². The molecule has 0 saturated heterocycles. The fourth-order valence-corrected chi connectivity index (χ4v) is 2.28. The van der Waals surface area contributed by atoms with Crippen LogP contribution in [0.3, 0.4) is 0 Å². The zero-order chi connectivity index (χ0) is 12.7. The minimum Gasteiger partial charge on any atom is -0.480 e. The molecule has 0 aromatic rings. The number of carboxylic acid groups (broad SMARTS) is 1. The Hall–Kier alpha value is -0.570. The van der Waals surface area contributed by atoms with Crippen LogP contribution < -0.4 is 5.32 Å². The average molecular weight is 241 g/mol. The van der Waals surface area contributed by atoms with E-state index in [1.165, 1.54) is 32.1 Å². The van der Waals surface area contributed by atoms with Gasteiger partial charge in [-0.25, -0.2) is 0 Å². The summed E-state index contributed by atoms with van der Waals surface area (Å²) < 4.78 is 0. The fourth-order valence-electron chi connectivity index (χ4n) is 2.28. The number of hydrogen-bond donors (Lipinski definition) is 2. The summed E-state index contributed by atoms with van der Waals surface area (Å²) >= 11 is 0. The molecule has 0 aromatic carbocycles. The van der Waals surface area contributed by atoms with Crippen molar-refractivity contribution in [2.45, 2.75) is 77.3 Å². The van der Waals surface area contributed by atoms with E-state index in [9.17, 15) is 4.79 Å². The first-order valence-electron chi connectivity index (χ1n) is 7.14. The monoisotopic (exact) mass is 241 g/mol. The second kappa shape index (κ2) is 7.70. The SMILES string of the molecule is CCCCCCCC(C)NC(C(=O)O)C1CC1. The van der Waals surface area contributed by atoms with E-state index >= 15 is 0 Å². The summed E-state index contributed by atoms with van der Waals surface area (Å²) in [6, 6.07) is 0.0268. The van der Waals surface area contributed by atoms with Crippen LogP contribution in [0.15, 0.2) is 0 Å². The van der Waals surface area contributed by atoms with E-state index in [2.05, 4.69) is 19.2 Å². The zero-order valence-electron chi connectivity index (χ0n) is 11.2. The molecule has 17 heavy (non-hydrogen) atoms. The third-order valence-electron chi connectivity index (χ3n) is 3.56. The molecule has 2 N–H and O–H groups in total. The lowest BCUT2D eigenvalue weighted by molar-refractivity contribution is -0.140. The maximum atomic E-state index is 11.1. The summed E-state index contributed by atoms with van der Waals surface area (Å²) in [5.41, 5.74) is 0. The minimum absolute atomic E-state index is 0.305. The maximum absolute atomic E-state index is 11.1. The molecule has 0 heterocycles. The lowest BCUT2D eigenvalue weighted by atomic mass is 10.1. The first-order chi connectivity index (χ1) is 8.15. The van der Waals surface area contributed by atoms with Crippen LogP contribution in [0.1, 0.15) is 65.2 Å². The quantitative estimate of drug-likeness (QED) is 0.577. The molecule has 0 aliphatic heterocycles. The van der Waals surface area contributed by atoms with E-state index in [1.807, 2.05) is 0 Å². The van der Waals surface area contributed by atoms with Crippen LogP contribution in [0.4, 0.5) is 0 Å². The molecule has 0 amide bonds. The Labute approximate surface area is 105 Å². The maximum Gasteiger partial charge on any atom is 0.320 e. The largest absolute Gasteiger partial charge is 0.480 e. The molecule has 1 aliphatic rings. The molecule has 100 valence electrons. The lowest BCUT2D eigenvalue weighted by Crippen LogP contribution is -2.43. The van der Waals surface area contributed by atoms with Gasteiger partial charge in [0.15, 0.2) is 0 Å². The smallest absolute Gasteiger partial charge is 0.320 e. The predicted molar refractivity (Wildman–Crippen MR) is 70.1 cm³/mol. The van der Waals surface area contributed by atoms with E-state index < -0.39 is 5.97 Å². The number of aliphatic carboxylic acids is 1. The number of unbranched alkanes of at least 4 members (excludes halogenated alkanes) is 4. The van der Waals surface area contributed by atoms with Crippen LogP contribution in [-0.2, 0) is 4.79 Å². The number of nitrogens with one attached hydrogen (secondary N) is 1. The van der Waals surface area contributed by atoms with Gasteiger partial charge in [-0.2, -0.15) is 0 Å². The Balaban J connectivity index is 2.10. The molecule has 0 spiro atoms. The third-order valence-corrected chi connectivity index (χ3v) is 3.56. The molecule has 1 saturated carbocycles. The van der Waals surface area contributed by atoms with Crippen LogP contribution >= 0.6 is 0 Å².